The van der Waals surface area contributed by atoms with E-state index in [2.05, 4.69) is 37.5 Å². The van der Waals surface area contributed by atoms with Crippen LogP contribution < -0.4 is 16.0 Å². The fraction of sp³-hybridized carbons (Fsp3) is 0.571. The number of ether oxygens (including phenoxy) is 1. The molecule has 3 heteroatoms. The van der Waals surface area contributed by atoms with Crippen LogP contribution in [-0.2, 0) is 6.42 Å². The van der Waals surface area contributed by atoms with Crippen LogP contribution >= 0.6 is 0 Å². The van der Waals surface area contributed by atoms with Gasteiger partial charge in [0.2, 0.25) is 0 Å². The minimum absolute atomic E-state index is 0.246. The van der Waals surface area contributed by atoms with E-state index in [1.54, 1.807) is 0 Å². The van der Waals surface area contributed by atoms with Crippen LogP contribution in [0, 0.1) is 5.92 Å². The molecule has 1 aliphatic rings. The molecule has 1 heterocycles. The Hall–Kier alpha value is -1.06. The van der Waals surface area contributed by atoms with Gasteiger partial charge in [-0.1, -0.05) is 32.4 Å². The molecule has 0 bridgehead atoms. The maximum absolute atomic E-state index is 5.67. The van der Waals surface area contributed by atoms with Gasteiger partial charge in [-0.15, -0.1) is 0 Å². The zero-order valence-electron chi connectivity index (χ0n) is 10.7. The Bertz CT molecular complexity index is 378. The van der Waals surface area contributed by atoms with E-state index >= 15 is 0 Å². The lowest BCUT2D eigenvalue weighted by atomic mass is 9.93. The second-order valence-corrected chi connectivity index (χ2v) is 4.93. The molecule has 3 N–H and O–H groups in total. The molecule has 0 fully saturated rings. The Morgan fingerprint density at radius 3 is 3.00 bits per heavy atom. The van der Waals surface area contributed by atoms with Gasteiger partial charge in [-0.2, -0.15) is 0 Å². The first-order valence-electron chi connectivity index (χ1n) is 6.46. The third-order valence-corrected chi connectivity index (χ3v) is 3.65. The molecule has 17 heavy (non-hydrogen) atoms. The summed E-state index contributed by atoms with van der Waals surface area (Å²) in [5, 5.41) is 0. The van der Waals surface area contributed by atoms with Crippen molar-refractivity contribution >= 4 is 0 Å². The monoisotopic (exact) mass is 234 g/mol. The SMILES string of the molecule is CCC(C)CC(NN)c1ccc2c(c1)CCO2. The summed E-state index contributed by atoms with van der Waals surface area (Å²) in [5.41, 5.74) is 5.52. The van der Waals surface area contributed by atoms with Gasteiger partial charge in [-0.05, 0) is 29.5 Å². The summed E-state index contributed by atoms with van der Waals surface area (Å²) in [6.45, 7) is 5.29. The Labute approximate surface area is 103 Å². The van der Waals surface area contributed by atoms with Crippen molar-refractivity contribution in [1.82, 2.24) is 5.43 Å². The summed E-state index contributed by atoms with van der Waals surface area (Å²) in [6.07, 6.45) is 3.28. The number of benzene rings is 1. The van der Waals surface area contributed by atoms with Gasteiger partial charge in [-0.3, -0.25) is 11.3 Å². The van der Waals surface area contributed by atoms with Crippen molar-refractivity contribution in [1.29, 1.82) is 0 Å². The third-order valence-electron chi connectivity index (χ3n) is 3.65. The minimum atomic E-state index is 0.246. The van der Waals surface area contributed by atoms with E-state index in [0.717, 1.165) is 25.2 Å². The smallest absolute Gasteiger partial charge is 0.122 e. The van der Waals surface area contributed by atoms with E-state index in [0.29, 0.717) is 5.92 Å². The highest BCUT2D eigenvalue weighted by molar-refractivity contribution is 5.40. The first-order valence-corrected chi connectivity index (χ1v) is 6.46. The highest BCUT2D eigenvalue weighted by Gasteiger charge is 2.17. The Kier molecular flexibility index (Phi) is 4.02. The lowest BCUT2D eigenvalue weighted by Crippen LogP contribution is -2.29. The van der Waals surface area contributed by atoms with E-state index in [-0.39, 0.29) is 6.04 Å². The summed E-state index contributed by atoms with van der Waals surface area (Å²) in [7, 11) is 0. The van der Waals surface area contributed by atoms with Crippen LogP contribution in [0.5, 0.6) is 5.75 Å². The maximum Gasteiger partial charge on any atom is 0.122 e. The van der Waals surface area contributed by atoms with Crippen LogP contribution in [0.1, 0.15) is 43.9 Å². The number of hydrogen-bond donors (Lipinski definition) is 2. The van der Waals surface area contributed by atoms with Gasteiger partial charge in [0.05, 0.1) is 6.61 Å². The highest BCUT2D eigenvalue weighted by Crippen LogP contribution is 2.30. The average Bonchev–Trinajstić information content (AvgIpc) is 2.82. The largest absolute Gasteiger partial charge is 0.493 e. The van der Waals surface area contributed by atoms with Crippen molar-refractivity contribution in [2.45, 2.75) is 39.2 Å². The molecular weight excluding hydrogens is 212 g/mol. The molecule has 1 aliphatic heterocycles. The van der Waals surface area contributed by atoms with E-state index in [4.69, 9.17) is 10.6 Å². The fourth-order valence-electron chi connectivity index (χ4n) is 2.29. The van der Waals surface area contributed by atoms with E-state index in [9.17, 15) is 0 Å². The molecule has 0 saturated carbocycles. The Balaban J connectivity index is 2.14. The number of nitrogens with two attached hydrogens (primary N) is 1. The molecular formula is C14H22N2O. The van der Waals surface area contributed by atoms with Crippen molar-refractivity contribution in [2.75, 3.05) is 6.61 Å². The topological polar surface area (TPSA) is 47.3 Å². The third kappa shape index (κ3) is 2.79. The van der Waals surface area contributed by atoms with Gasteiger partial charge in [-0.25, -0.2) is 0 Å². The Morgan fingerprint density at radius 1 is 1.47 bits per heavy atom. The fourth-order valence-corrected chi connectivity index (χ4v) is 2.29. The minimum Gasteiger partial charge on any atom is -0.493 e. The van der Waals surface area contributed by atoms with Crippen molar-refractivity contribution in [3.05, 3.63) is 29.3 Å². The first kappa shape index (κ1) is 12.4. The average molecular weight is 234 g/mol. The second kappa shape index (κ2) is 5.52. The molecule has 3 nitrogen and oxygen atoms in total. The molecule has 2 atom stereocenters. The second-order valence-electron chi connectivity index (χ2n) is 4.93. The number of fused-ring (bicyclic) bond motifs is 1. The van der Waals surface area contributed by atoms with Gasteiger partial charge in [0.15, 0.2) is 0 Å². The summed E-state index contributed by atoms with van der Waals surface area (Å²) in [6, 6.07) is 6.67. The molecule has 0 aliphatic carbocycles. The van der Waals surface area contributed by atoms with Gasteiger partial charge < -0.3 is 4.74 Å². The van der Waals surface area contributed by atoms with Crippen LogP contribution in [0.15, 0.2) is 18.2 Å². The standard InChI is InChI=1S/C14H22N2O/c1-3-10(2)8-13(16-15)11-4-5-14-12(9-11)6-7-17-14/h4-5,9-10,13,16H,3,6-8,15H2,1-2H3. The molecule has 1 aromatic carbocycles. The summed E-state index contributed by atoms with van der Waals surface area (Å²) < 4.78 is 5.52. The molecule has 0 saturated heterocycles. The number of rotatable bonds is 5. The van der Waals surface area contributed by atoms with Crippen molar-refractivity contribution in [3.8, 4) is 5.75 Å². The molecule has 0 spiro atoms. The first-order chi connectivity index (χ1) is 8.24. The lowest BCUT2D eigenvalue weighted by Gasteiger charge is -2.20. The number of hydrazine groups is 1. The van der Waals surface area contributed by atoms with Gasteiger partial charge >= 0.3 is 0 Å². The zero-order chi connectivity index (χ0) is 12.3. The Morgan fingerprint density at radius 2 is 2.29 bits per heavy atom. The predicted molar refractivity (Wildman–Crippen MR) is 69.8 cm³/mol. The van der Waals surface area contributed by atoms with Crippen LogP contribution in [-0.4, -0.2) is 6.61 Å². The quantitative estimate of drug-likeness (QED) is 0.608. The van der Waals surface area contributed by atoms with Crippen LogP contribution in [0.3, 0.4) is 0 Å². The molecule has 94 valence electrons. The lowest BCUT2D eigenvalue weighted by molar-refractivity contribution is 0.356. The summed E-state index contributed by atoms with van der Waals surface area (Å²) >= 11 is 0. The summed E-state index contributed by atoms with van der Waals surface area (Å²) in [4.78, 5) is 0. The number of hydrogen-bond acceptors (Lipinski definition) is 3. The molecule has 2 unspecified atom stereocenters. The van der Waals surface area contributed by atoms with Crippen LogP contribution in [0.25, 0.3) is 0 Å². The zero-order valence-corrected chi connectivity index (χ0v) is 10.7. The molecule has 0 radical (unpaired) electrons. The molecule has 1 aromatic rings. The normalized spacial score (nSPS) is 17.4. The highest BCUT2D eigenvalue weighted by atomic mass is 16.5. The van der Waals surface area contributed by atoms with Crippen molar-refractivity contribution < 1.29 is 4.74 Å². The van der Waals surface area contributed by atoms with Gasteiger partial charge in [0, 0.05) is 12.5 Å². The molecule has 0 aromatic heterocycles. The predicted octanol–water partition coefficient (Wildman–Crippen LogP) is 2.56. The van der Waals surface area contributed by atoms with Crippen LogP contribution in [0.4, 0.5) is 0 Å². The van der Waals surface area contributed by atoms with E-state index in [1.807, 2.05) is 0 Å². The van der Waals surface area contributed by atoms with Gasteiger partial charge in [0.1, 0.15) is 5.75 Å². The van der Waals surface area contributed by atoms with Gasteiger partial charge in [0.25, 0.3) is 0 Å². The number of nitrogens with one attached hydrogen (secondary N) is 1. The van der Waals surface area contributed by atoms with Crippen molar-refractivity contribution in [2.24, 2.45) is 11.8 Å². The maximum atomic E-state index is 5.67. The molecule has 2 rings (SSSR count). The van der Waals surface area contributed by atoms with Crippen LogP contribution in [0.2, 0.25) is 0 Å². The van der Waals surface area contributed by atoms with E-state index < -0.39 is 0 Å². The molecule has 0 amide bonds. The van der Waals surface area contributed by atoms with Crippen molar-refractivity contribution in [3.63, 3.8) is 0 Å². The summed E-state index contributed by atoms with van der Waals surface area (Å²) in [5.74, 6) is 7.39. The van der Waals surface area contributed by atoms with E-state index in [1.165, 1.54) is 17.5 Å².